The second-order valence-electron chi connectivity index (χ2n) is 4.20. The molecular formula is C11H17N5OS. The van der Waals surface area contributed by atoms with Gasteiger partial charge in [-0.2, -0.15) is 5.26 Å². The van der Waals surface area contributed by atoms with E-state index in [2.05, 4.69) is 32.8 Å². The molecule has 1 saturated heterocycles. The van der Waals surface area contributed by atoms with Crippen LogP contribution >= 0.6 is 11.5 Å². The highest BCUT2D eigenvalue weighted by molar-refractivity contribution is 7.10. The lowest BCUT2D eigenvalue weighted by molar-refractivity contribution is -0.00305. The van der Waals surface area contributed by atoms with Crippen molar-refractivity contribution in [2.24, 2.45) is 0 Å². The van der Waals surface area contributed by atoms with Gasteiger partial charge in [-0.25, -0.2) is 0 Å². The summed E-state index contributed by atoms with van der Waals surface area (Å²) < 4.78 is 9.31. The van der Waals surface area contributed by atoms with Gasteiger partial charge < -0.3 is 10.1 Å². The number of morpholine rings is 1. The lowest BCUT2D eigenvalue weighted by atomic mass is 10.2. The highest BCUT2D eigenvalue weighted by atomic mass is 32.1. The SMILES string of the molecule is CCCNc1snnc1CN1CCOC(C#N)C1. The normalized spacial score (nSPS) is 20.6. The van der Waals surface area contributed by atoms with Crippen LogP contribution < -0.4 is 5.32 Å². The standard InChI is InChI=1S/C11H17N5OS/c1-2-3-13-11-10(14-15-18-11)8-16-4-5-17-9(6-12)7-16/h9,13H,2-5,7-8H2,1H3. The molecule has 0 spiro atoms. The maximum atomic E-state index is 8.87. The van der Waals surface area contributed by atoms with Gasteiger partial charge >= 0.3 is 0 Å². The Morgan fingerprint density at radius 3 is 3.33 bits per heavy atom. The first-order chi connectivity index (χ1) is 8.83. The highest BCUT2D eigenvalue weighted by Gasteiger charge is 2.21. The van der Waals surface area contributed by atoms with E-state index in [9.17, 15) is 0 Å². The molecule has 2 rings (SSSR count). The van der Waals surface area contributed by atoms with Crippen LogP contribution in [-0.4, -0.2) is 46.8 Å². The predicted molar refractivity (Wildman–Crippen MR) is 69.3 cm³/mol. The maximum absolute atomic E-state index is 8.87. The number of hydrogen-bond acceptors (Lipinski definition) is 7. The molecule has 6 nitrogen and oxygen atoms in total. The number of nitrogens with zero attached hydrogens (tertiary/aromatic N) is 4. The minimum absolute atomic E-state index is 0.322. The van der Waals surface area contributed by atoms with Crippen LogP contribution in [0, 0.1) is 11.3 Å². The van der Waals surface area contributed by atoms with E-state index in [0.717, 1.165) is 36.8 Å². The Morgan fingerprint density at radius 1 is 1.67 bits per heavy atom. The minimum atomic E-state index is -0.322. The summed E-state index contributed by atoms with van der Waals surface area (Å²) in [6.07, 6.45) is 0.753. The predicted octanol–water partition coefficient (Wildman–Crippen LogP) is 1.08. The molecule has 98 valence electrons. The average Bonchev–Trinajstić information content (AvgIpc) is 2.84. The first-order valence-electron chi connectivity index (χ1n) is 6.12. The van der Waals surface area contributed by atoms with E-state index in [1.165, 1.54) is 11.5 Å². The van der Waals surface area contributed by atoms with Crippen LogP contribution in [0.1, 0.15) is 19.0 Å². The molecule has 1 unspecified atom stereocenters. The summed E-state index contributed by atoms with van der Waals surface area (Å²) in [4.78, 5) is 2.19. The Kier molecular flexibility index (Phi) is 4.87. The number of rotatable bonds is 5. The van der Waals surface area contributed by atoms with Crippen molar-refractivity contribution in [1.29, 1.82) is 5.26 Å². The fraction of sp³-hybridized carbons (Fsp3) is 0.727. The van der Waals surface area contributed by atoms with Gasteiger partial charge in [0.05, 0.1) is 12.7 Å². The molecule has 0 aromatic carbocycles. The quantitative estimate of drug-likeness (QED) is 0.860. The number of ether oxygens (including phenoxy) is 1. The molecule has 0 saturated carbocycles. The summed E-state index contributed by atoms with van der Waals surface area (Å²) in [5.41, 5.74) is 0.965. The Morgan fingerprint density at radius 2 is 2.56 bits per heavy atom. The van der Waals surface area contributed by atoms with Gasteiger partial charge in [0, 0.05) is 37.7 Å². The van der Waals surface area contributed by atoms with Crippen LogP contribution in [0.5, 0.6) is 0 Å². The summed E-state index contributed by atoms with van der Waals surface area (Å²) in [7, 11) is 0. The zero-order valence-electron chi connectivity index (χ0n) is 10.4. The molecule has 0 bridgehead atoms. The van der Waals surface area contributed by atoms with Crippen molar-refractivity contribution in [2.75, 3.05) is 31.6 Å². The van der Waals surface area contributed by atoms with Crippen molar-refractivity contribution in [1.82, 2.24) is 14.5 Å². The van der Waals surface area contributed by atoms with Crippen LogP contribution in [0.15, 0.2) is 0 Å². The van der Waals surface area contributed by atoms with Gasteiger partial charge in [0.15, 0.2) is 6.10 Å². The molecule has 0 aliphatic carbocycles. The third kappa shape index (κ3) is 3.38. The second-order valence-corrected chi connectivity index (χ2v) is 4.95. The smallest absolute Gasteiger partial charge is 0.156 e. The molecular weight excluding hydrogens is 250 g/mol. The first-order valence-corrected chi connectivity index (χ1v) is 6.89. The summed E-state index contributed by atoms with van der Waals surface area (Å²) >= 11 is 1.39. The van der Waals surface area contributed by atoms with E-state index in [0.29, 0.717) is 13.2 Å². The molecule has 0 amide bonds. The van der Waals surface area contributed by atoms with Crippen molar-refractivity contribution in [2.45, 2.75) is 26.0 Å². The topological polar surface area (TPSA) is 74.1 Å². The average molecular weight is 267 g/mol. The lowest BCUT2D eigenvalue weighted by Crippen LogP contribution is -2.41. The van der Waals surface area contributed by atoms with Gasteiger partial charge in [0.2, 0.25) is 0 Å². The summed E-state index contributed by atoms with van der Waals surface area (Å²) in [6.45, 7) is 5.86. The fourth-order valence-corrected chi connectivity index (χ4v) is 2.42. The largest absolute Gasteiger partial charge is 0.374 e. The van der Waals surface area contributed by atoms with Gasteiger partial charge in [-0.1, -0.05) is 11.4 Å². The molecule has 1 aromatic heterocycles. The molecule has 1 N–H and O–H groups in total. The van der Waals surface area contributed by atoms with E-state index in [-0.39, 0.29) is 6.10 Å². The number of nitrogens with one attached hydrogen (secondary N) is 1. The van der Waals surface area contributed by atoms with Gasteiger partial charge in [0.25, 0.3) is 0 Å². The van der Waals surface area contributed by atoms with Gasteiger partial charge in [0.1, 0.15) is 10.7 Å². The van der Waals surface area contributed by atoms with E-state index in [1.54, 1.807) is 0 Å². The van der Waals surface area contributed by atoms with Crippen molar-refractivity contribution >= 4 is 16.5 Å². The molecule has 2 heterocycles. The maximum Gasteiger partial charge on any atom is 0.156 e. The Hall–Kier alpha value is -1.23. The monoisotopic (exact) mass is 267 g/mol. The van der Waals surface area contributed by atoms with Crippen LogP contribution in [0.2, 0.25) is 0 Å². The molecule has 7 heteroatoms. The number of aromatic nitrogens is 2. The highest BCUT2D eigenvalue weighted by Crippen LogP contribution is 2.20. The lowest BCUT2D eigenvalue weighted by Gasteiger charge is -2.29. The third-order valence-electron chi connectivity index (χ3n) is 2.76. The molecule has 0 radical (unpaired) electrons. The summed E-state index contributed by atoms with van der Waals surface area (Å²) in [6, 6.07) is 2.15. The van der Waals surface area contributed by atoms with Crippen molar-refractivity contribution < 1.29 is 4.74 Å². The van der Waals surface area contributed by atoms with Crippen LogP contribution in [0.25, 0.3) is 0 Å². The molecule has 18 heavy (non-hydrogen) atoms. The molecule has 1 aromatic rings. The Labute approximate surface area is 111 Å². The van der Waals surface area contributed by atoms with E-state index in [4.69, 9.17) is 10.00 Å². The Bertz CT molecular complexity index is 416. The van der Waals surface area contributed by atoms with Crippen LogP contribution in [-0.2, 0) is 11.3 Å². The molecule has 1 fully saturated rings. The van der Waals surface area contributed by atoms with Crippen molar-refractivity contribution in [3.63, 3.8) is 0 Å². The van der Waals surface area contributed by atoms with Crippen LogP contribution in [0.3, 0.4) is 0 Å². The Balaban J connectivity index is 1.92. The minimum Gasteiger partial charge on any atom is -0.374 e. The van der Waals surface area contributed by atoms with Crippen LogP contribution in [0.4, 0.5) is 5.00 Å². The van der Waals surface area contributed by atoms with E-state index in [1.807, 2.05) is 0 Å². The zero-order chi connectivity index (χ0) is 12.8. The fourth-order valence-electron chi connectivity index (χ4n) is 1.82. The van der Waals surface area contributed by atoms with Gasteiger partial charge in [-0.3, -0.25) is 4.90 Å². The number of anilines is 1. The second kappa shape index (κ2) is 6.64. The van der Waals surface area contributed by atoms with Crippen molar-refractivity contribution in [3.8, 4) is 6.07 Å². The molecule has 1 atom stereocenters. The van der Waals surface area contributed by atoms with E-state index >= 15 is 0 Å². The third-order valence-corrected chi connectivity index (χ3v) is 3.49. The molecule has 1 aliphatic heterocycles. The zero-order valence-corrected chi connectivity index (χ0v) is 11.2. The van der Waals surface area contributed by atoms with Gasteiger partial charge in [-0.05, 0) is 6.42 Å². The number of nitriles is 1. The van der Waals surface area contributed by atoms with Crippen molar-refractivity contribution in [3.05, 3.63) is 5.69 Å². The van der Waals surface area contributed by atoms with Gasteiger partial charge in [-0.15, -0.1) is 5.10 Å². The molecule has 1 aliphatic rings. The van der Waals surface area contributed by atoms with E-state index < -0.39 is 0 Å². The summed E-state index contributed by atoms with van der Waals surface area (Å²) in [5, 5.41) is 17.4. The first kappa shape index (κ1) is 13.2. The summed E-state index contributed by atoms with van der Waals surface area (Å²) in [5.74, 6) is 0. The number of hydrogen-bond donors (Lipinski definition) is 1.